The van der Waals surface area contributed by atoms with Crippen LogP contribution in [0.2, 0.25) is 0 Å². The first-order valence-electron chi connectivity index (χ1n) is 6.77. The molecule has 1 amide bonds. The number of aromatic nitrogens is 1. The van der Waals surface area contributed by atoms with Gasteiger partial charge in [0.15, 0.2) is 0 Å². The molecule has 0 aromatic carbocycles. The van der Waals surface area contributed by atoms with Gasteiger partial charge in [-0.25, -0.2) is 5.01 Å². The van der Waals surface area contributed by atoms with E-state index in [9.17, 15) is 18.0 Å². The summed E-state index contributed by atoms with van der Waals surface area (Å²) in [4.78, 5) is 16.7. The van der Waals surface area contributed by atoms with Crippen molar-refractivity contribution in [2.24, 2.45) is 10.5 Å². The number of rotatable bonds is 5. The van der Waals surface area contributed by atoms with Crippen LogP contribution in [0.5, 0.6) is 0 Å². The number of amides is 1. The smallest absolute Gasteiger partial charge is 0.318 e. The monoisotopic (exact) mass is 314 g/mol. The summed E-state index contributed by atoms with van der Waals surface area (Å²) < 4.78 is 37.7. The van der Waals surface area contributed by atoms with Crippen molar-refractivity contribution in [1.82, 2.24) is 15.3 Å². The highest BCUT2D eigenvalue weighted by atomic mass is 19.4. The summed E-state index contributed by atoms with van der Waals surface area (Å²) >= 11 is 0. The van der Waals surface area contributed by atoms with E-state index in [1.807, 2.05) is 0 Å². The van der Waals surface area contributed by atoms with Gasteiger partial charge in [-0.05, 0) is 26.1 Å². The fourth-order valence-corrected chi connectivity index (χ4v) is 2.58. The standard InChI is InChI=1S/C14H17F3N4O/c1-10-13(8-18-2,7-11-5-3-4-6-19-11)12(22)21(20-10)9-14(15,16)17/h3-6,18H,7-9H2,1-2H3. The van der Waals surface area contributed by atoms with Gasteiger partial charge in [-0.3, -0.25) is 9.78 Å². The van der Waals surface area contributed by atoms with E-state index in [1.165, 1.54) is 0 Å². The molecule has 1 atom stereocenters. The molecular formula is C14H17F3N4O. The normalized spacial score (nSPS) is 22.1. The second-order valence-corrected chi connectivity index (χ2v) is 5.27. The van der Waals surface area contributed by atoms with Crippen molar-refractivity contribution in [2.45, 2.75) is 19.5 Å². The van der Waals surface area contributed by atoms with E-state index in [4.69, 9.17) is 0 Å². The van der Waals surface area contributed by atoms with Gasteiger partial charge in [-0.1, -0.05) is 6.07 Å². The lowest BCUT2D eigenvalue weighted by molar-refractivity contribution is -0.163. The Morgan fingerprint density at radius 3 is 2.64 bits per heavy atom. The van der Waals surface area contributed by atoms with E-state index >= 15 is 0 Å². The third kappa shape index (κ3) is 3.27. The molecule has 120 valence electrons. The summed E-state index contributed by atoms with van der Waals surface area (Å²) in [6.45, 7) is 0.400. The lowest BCUT2D eigenvalue weighted by atomic mass is 9.78. The molecule has 22 heavy (non-hydrogen) atoms. The molecule has 0 aliphatic carbocycles. The maximum Gasteiger partial charge on any atom is 0.408 e. The minimum atomic E-state index is -4.49. The molecule has 1 aliphatic rings. The van der Waals surface area contributed by atoms with Crippen molar-refractivity contribution in [1.29, 1.82) is 0 Å². The highest BCUT2D eigenvalue weighted by Gasteiger charge is 2.51. The molecule has 0 bridgehead atoms. The van der Waals surface area contributed by atoms with Gasteiger partial charge in [0.2, 0.25) is 0 Å². The SMILES string of the molecule is CNCC1(Cc2ccccn2)C(=O)N(CC(F)(F)F)N=C1C. The summed E-state index contributed by atoms with van der Waals surface area (Å²) in [6, 6.07) is 5.25. The molecule has 8 heteroatoms. The van der Waals surface area contributed by atoms with Gasteiger partial charge >= 0.3 is 6.18 Å². The number of carbonyl (C=O) groups is 1. The van der Waals surface area contributed by atoms with Crippen LogP contribution in [0, 0.1) is 5.41 Å². The zero-order chi connectivity index (χ0) is 16.4. The largest absolute Gasteiger partial charge is 0.408 e. The Morgan fingerprint density at radius 1 is 1.36 bits per heavy atom. The summed E-state index contributed by atoms with van der Waals surface area (Å²) in [5.41, 5.74) is -0.134. The number of halogens is 3. The Bertz CT molecular complexity index is 573. The third-order valence-electron chi connectivity index (χ3n) is 3.62. The predicted molar refractivity (Wildman–Crippen MR) is 75.2 cm³/mol. The van der Waals surface area contributed by atoms with Crippen molar-refractivity contribution < 1.29 is 18.0 Å². The second kappa shape index (κ2) is 6.04. The first kappa shape index (κ1) is 16.4. The second-order valence-electron chi connectivity index (χ2n) is 5.27. The lowest BCUT2D eigenvalue weighted by Gasteiger charge is -2.28. The number of hydrogen-bond acceptors (Lipinski definition) is 4. The van der Waals surface area contributed by atoms with Crippen LogP contribution in [0.1, 0.15) is 12.6 Å². The molecule has 2 heterocycles. The fourth-order valence-electron chi connectivity index (χ4n) is 2.58. The average Bonchev–Trinajstić information content (AvgIpc) is 2.64. The van der Waals surface area contributed by atoms with Crippen LogP contribution < -0.4 is 5.32 Å². The number of nitrogens with zero attached hydrogens (tertiary/aromatic N) is 3. The van der Waals surface area contributed by atoms with Gasteiger partial charge in [-0.2, -0.15) is 18.3 Å². The number of carbonyl (C=O) groups excluding carboxylic acids is 1. The molecule has 0 spiro atoms. The zero-order valence-electron chi connectivity index (χ0n) is 12.3. The number of pyridine rings is 1. The summed E-state index contributed by atoms with van der Waals surface area (Å²) in [6.07, 6.45) is -2.70. The lowest BCUT2D eigenvalue weighted by Crippen LogP contribution is -2.48. The molecule has 1 aliphatic heterocycles. The van der Waals surface area contributed by atoms with Gasteiger partial charge in [-0.15, -0.1) is 0 Å². The molecule has 1 N–H and O–H groups in total. The van der Waals surface area contributed by atoms with Gasteiger partial charge in [0.25, 0.3) is 5.91 Å². The predicted octanol–water partition coefficient (Wildman–Crippen LogP) is 1.61. The van der Waals surface area contributed by atoms with E-state index in [0.29, 0.717) is 16.4 Å². The average molecular weight is 314 g/mol. The van der Waals surface area contributed by atoms with Gasteiger partial charge in [0.05, 0.1) is 5.71 Å². The molecule has 0 saturated heterocycles. The van der Waals surface area contributed by atoms with E-state index in [0.717, 1.165) is 0 Å². The van der Waals surface area contributed by atoms with Crippen LogP contribution in [0.3, 0.4) is 0 Å². The van der Waals surface area contributed by atoms with Crippen LogP contribution in [-0.2, 0) is 11.2 Å². The Kier molecular flexibility index (Phi) is 4.50. The molecule has 2 rings (SSSR count). The maximum atomic E-state index is 12.6. The van der Waals surface area contributed by atoms with Crippen molar-refractivity contribution >= 4 is 11.6 Å². The Hall–Kier alpha value is -1.96. The minimum absolute atomic E-state index is 0.200. The number of hydrogen-bond donors (Lipinski definition) is 1. The van der Waals surface area contributed by atoms with Crippen molar-refractivity contribution in [2.75, 3.05) is 20.1 Å². The first-order chi connectivity index (χ1) is 10.3. The third-order valence-corrected chi connectivity index (χ3v) is 3.62. The summed E-state index contributed by atoms with van der Waals surface area (Å²) in [5, 5.41) is 7.22. The Balaban J connectivity index is 2.31. The molecular weight excluding hydrogens is 297 g/mol. The number of alkyl halides is 3. The fraction of sp³-hybridized carbons (Fsp3) is 0.500. The molecule has 1 aromatic rings. The zero-order valence-corrected chi connectivity index (χ0v) is 12.3. The van der Waals surface area contributed by atoms with Crippen LogP contribution in [0.4, 0.5) is 13.2 Å². The van der Waals surface area contributed by atoms with Crippen molar-refractivity contribution in [3.05, 3.63) is 30.1 Å². The van der Waals surface area contributed by atoms with Gasteiger partial charge in [0, 0.05) is 24.9 Å². The Labute approximate surface area is 126 Å². The highest BCUT2D eigenvalue weighted by molar-refractivity contribution is 6.11. The molecule has 0 fully saturated rings. The van der Waals surface area contributed by atoms with E-state index < -0.39 is 24.0 Å². The van der Waals surface area contributed by atoms with Crippen molar-refractivity contribution in [3.63, 3.8) is 0 Å². The summed E-state index contributed by atoms with van der Waals surface area (Å²) in [5.74, 6) is -0.651. The van der Waals surface area contributed by atoms with Gasteiger partial charge in [0.1, 0.15) is 12.0 Å². The minimum Gasteiger partial charge on any atom is -0.318 e. The quantitative estimate of drug-likeness (QED) is 0.898. The summed E-state index contributed by atoms with van der Waals surface area (Å²) in [7, 11) is 1.65. The molecule has 1 aromatic heterocycles. The van der Waals surface area contributed by atoms with Crippen LogP contribution in [0.15, 0.2) is 29.5 Å². The van der Waals surface area contributed by atoms with E-state index in [1.54, 1.807) is 38.4 Å². The van der Waals surface area contributed by atoms with E-state index in [-0.39, 0.29) is 13.0 Å². The molecule has 0 radical (unpaired) electrons. The van der Waals surface area contributed by atoms with Crippen LogP contribution in [0.25, 0.3) is 0 Å². The first-order valence-corrected chi connectivity index (χ1v) is 6.77. The number of nitrogens with one attached hydrogen (secondary N) is 1. The number of hydrazone groups is 1. The van der Waals surface area contributed by atoms with Crippen LogP contribution in [-0.4, -0.2) is 47.9 Å². The van der Waals surface area contributed by atoms with Gasteiger partial charge < -0.3 is 5.32 Å². The maximum absolute atomic E-state index is 12.6. The molecule has 1 unspecified atom stereocenters. The highest BCUT2D eigenvalue weighted by Crippen LogP contribution is 2.34. The van der Waals surface area contributed by atoms with Crippen LogP contribution >= 0.6 is 0 Å². The topological polar surface area (TPSA) is 57.6 Å². The van der Waals surface area contributed by atoms with Crippen molar-refractivity contribution in [3.8, 4) is 0 Å². The Morgan fingerprint density at radius 2 is 2.09 bits per heavy atom. The molecule has 0 saturated carbocycles. The molecule has 5 nitrogen and oxygen atoms in total. The van der Waals surface area contributed by atoms with E-state index in [2.05, 4.69) is 15.4 Å².